The minimum atomic E-state index is 0.00326. The smallest absolute Gasteiger partial charge is 0.113 e. The molecule has 2 aliphatic rings. The number of hydrazone groups is 1. The van der Waals surface area contributed by atoms with Gasteiger partial charge in [0.2, 0.25) is 0 Å². The molecule has 3 nitrogen and oxygen atoms in total. The molecule has 0 aromatic heterocycles. The molecule has 2 aromatic rings. The fourth-order valence-corrected chi connectivity index (χ4v) is 3.83. The van der Waals surface area contributed by atoms with Gasteiger partial charge >= 0.3 is 0 Å². The predicted molar refractivity (Wildman–Crippen MR) is 96.8 cm³/mol. The number of hydrogen-bond donors (Lipinski definition) is 0. The van der Waals surface area contributed by atoms with Crippen LogP contribution < -0.4 is 5.01 Å². The van der Waals surface area contributed by atoms with Gasteiger partial charge in [0.15, 0.2) is 0 Å². The second-order valence-electron chi connectivity index (χ2n) is 7.25. The van der Waals surface area contributed by atoms with Crippen LogP contribution in [0.2, 0.25) is 0 Å². The molecular formula is C20H23N3. The fraction of sp³-hybridized carbons (Fsp3) is 0.350. The van der Waals surface area contributed by atoms with Crippen molar-refractivity contribution in [3.63, 3.8) is 0 Å². The Morgan fingerprint density at radius 1 is 1.00 bits per heavy atom. The van der Waals surface area contributed by atoms with E-state index in [0.29, 0.717) is 6.04 Å². The van der Waals surface area contributed by atoms with E-state index in [9.17, 15) is 0 Å². The lowest BCUT2D eigenvalue weighted by Crippen LogP contribution is -2.33. The Kier molecular flexibility index (Phi) is 3.02. The van der Waals surface area contributed by atoms with Crippen molar-refractivity contribution in [2.45, 2.75) is 39.2 Å². The number of anilines is 1. The van der Waals surface area contributed by atoms with E-state index >= 15 is 0 Å². The summed E-state index contributed by atoms with van der Waals surface area (Å²) in [7, 11) is 0. The lowest BCUT2D eigenvalue weighted by atomic mass is 9.81. The Balaban J connectivity index is 1.84. The van der Waals surface area contributed by atoms with E-state index in [4.69, 9.17) is 0 Å². The molecule has 0 spiro atoms. The first-order valence-corrected chi connectivity index (χ1v) is 8.31. The van der Waals surface area contributed by atoms with Gasteiger partial charge in [0.25, 0.3) is 0 Å². The topological polar surface area (TPSA) is 18.8 Å². The highest BCUT2D eigenvalue weighted by Gasteiger charge is 2.38. The molecule has 0 amide bonds. The first-order valence-electron chi connectivity index (χ1n) is 8.31. The minimum Gasteiger partial charge on any atom is -0.339 e. The molecule has 0 atom stereocenters. The van der Waals surface area contributed by atoms with Crippen molar-refractivity contribution in [1.29, 1.82) is 0 Å². The second kappa shape index (κ2) is 4.85. The third-order valence-electron chi connectivity index (χ3n) is 5.14. The van der Waals surface area contributed by atoms with Gasteiger partial charge < -0.3 is 4.90 Å². The summed E-state index contributed by atoms with van der Waals surface area (Å²) >= 11 is 0. The highest BCUT2D eigenvalue weighted by molar-refractivity contribution is 5.86. The second-order valence-corrected chi connectivity index (χ2v) is 7.25. The van der Waals surface area contributed by atoms with Crippen molar-refractivity contribution in [2.24, 2.45) is 5.10 Å². The highest BCUT2D eigenvalue weighted by atomic mass is 15.6. The molecule has 2 aromatic carbocycles. The van der Waals surface area contributed by atoms with Gasteiger partial charge in [-0.25, -0.2) is 5.01 Å². The maximum atomic E-state index is 4.65. The molecule has 0 saturated carbocycles. The minimum absolute atomic E-state index is 0.00326. The summed E-state index contributed by atoms with van der Waals surface area (Å²) in [6, 6.07) is 15.8. The molecule has 1 heterocycles. The van der Waals surface area contributed by atoms with Gasteiger partial charge in [-0.05, 0) is 42.2 Å². The van der Waals surface area contributed by atoms with Gasteiger partial charge in [-0.1, -0.05) is 50.2 Å². The van der Waals surface area contributed by atoms with E-state index in [0.717, 1.165) is 6.67 Å². The van der Waals surface area contributed by atoms with Crippen LogP contribution in [0.1, 0.15) is 38.8 Å². The van der Waals surface area contributed by atoms with E-state index in [-0.39, 0.29) is 5.41 Å². The van der Waals surface area contributed by atoms with E-state index in [1.807, 2.05) is 6.34 Å². The zero-order valence-electron chi connectivity index (χ0n) is 14.2. The first-order chi connectivity index (χ1) is 11.0. The van der Waals surface area contributed by atoms with Crippen LogP contribution in [0.5, 0.6) is 0 Å². The average Bonchev–Trinajstić information content (AvgIpc) is 3.11. The summed E-state index contributed by atoms with van der Waals surface area (Å²) in [4.78, 5) is 2.26. The Labute approximate surface area is 138 Å². The van der Waals surface area contributed by atoms with Crippen molar-refractivity contribution in [1.82, 2.24) is 4.90 Å². The molecule has 0 saturated heterocycles. The summed E-state index contributed by atoms with van der Waals surface area (Å²) in [6.45, 7) is 9.86. The zero-order chi connectivity index (χ0) is 16.2. The monoisotopic (exact) mass is 305 g/mol. The van der Waals surface area contributed by atoms with Gasteiger partial charge in [0, 0.05) is 11.5 Å². The molecule has 3 heteroatoms. The largest absolute Gasteiger partial charge is 0.339 e. The molecule has 0 unspecified atom stereocenters. The van der Waals surface area contributed by atoms with E-state index in [1.165, 1.54) is 27.9 Å². The van der Waals surface area contributed by atoms with E-state index in [1.54, 1.807) is 0 Å². The summed E-state index contributed by atoms with van der Waals surface area (Å²) in [5, 5.41) is 6.78. The van der Waals surface area contributed by atoms with Gasteiger partial charge in [-0.15, -0.1) is 0 Å². The summed E-state index contributed by atoms with van der Waals surface area (Å²) in [5.41, 5.74) is 6.74. The molecule has 23 heavy (non-hydrogen) atoms. The molecule has 0 N–H and O–H groups in total. The molecular weight excluding hydrogens is 282 g/mol. The van der Waals surface area contributed by atoms with Crippen LogP contribution in [0, 0.1) is 0 Å². The maximum Gasteiger partial charge on any atom is 0.113 e. The Hall–Kier alpha value is -2.29. The van der Waals surface area contributed by atoms with Crippen molar-refractivity contribution in [3.05, 3.63) is 53.6 Å². The van der Waals surface area contributed by atoms with Gasteiger partial charge in [0.05, 0.1) is 5.69 Å². The van der Waals surface area contributed by atoms with E-state index < -0.39 is 0 Å². The van der Waals surface area contributed by atoms with Gasteiger partial charge in [0.1, 0.15) is 13.0 Å². The lowest BCUT2D eigenvalue weighted by molar-refractivity contribution is 0.381. The van der Waals surface area contributed by atoms with Crippen LogP contribution in [0.3, 0.4) is 0 Å². The van der Waals surface area contributed by atoms with Crippen molar-refractivity contribution >= 4 is 12.0 Å². The standard InChI is InChI=1S/C20H23N3/c1-14(2)22-12-21-23(13-22)18-11-7-9-16-15-8-5-6-10-17(15)20(3,4)19(16)18/h5-12,14H,13H2,1-4H3. The quantitative estimate of drug-likeness (QED) is 0.817. The lowest BCUT2D eigenvalue weighted by Gasteiger charge is -2.28. The molecule has 4 rings (SSSR count). The van der Waals surface area contributed by atoms with Crippen LogP contribution >= 0.6 is 0 Å². The van der Waals surface area contributed by atoms with Gasteiger partial charge in [-0.3, -0.25) is 0 Å². The number of benzene rings is 2. The first kappa shape index (κ1) is 14.3. The predicted octanol–water partition coefficient (Wildman–Crippen LogP) is 4.42. The Morgan fingerprint density at radius 3 is 2.48 bits per heavy atom. The van der Waals surface area contributed by atoms with Crippen LogP contribution in [-0.4, -0.2) is 23.9 Å². The zero-order valence-corrected chi connectivity index (χ0v) is 14.2. The number of fused-ring (bicyclic) bond motifs is 3. The highest BCUT2D eigenvalue weighted by Crippen LogP contribution is 2.52. The van der Waals surface area contributed by atoms with Crippen LogP contribution in [0.4, 0.5) is 5.69 Å². The third kappa shape index (κ3) is 1.99. The molecule has 1 aliphatic carbocycles. The number of nitrogens with zero attached hydrogens (tertiary/aromatic N) is 3. The molecule has 0 fully saturated rings. The van der Waals surface area contributed by atoms with Crippen molar-refractivity contribution in [3.8, 4) is 11.1 Å². The maximum absolute atomic E-state index is 4.65. The molecule has 1 aliphatic heterocycles. The van der Waals surface area contributed by atoms with Crippen molar-refractivity contribution in [2.75, 3.05) is 11.7 Å². The summed E-state index contributed by atoms with van der Waals surface area (Å²) < 4.78 is 0. The third-order valence-corrected chi connectivity index (χ3v) is 5.14. The average molecular weight is 305 g/mol. The van der Waals surface area contributed by atoms with Crippen LogP contribution in [-0.2, 0) is 5.41 Å². The van der Waals surface area contributed by atoms with E-state index in [2.05, 4.69) is 85.2 Å². The number of hydrogen-bond acceptors (Lipinski definition) is 3. The summed E-state index contributed by atoms with van der Waals surface area (Å²) in [5.74, 6) is 0. The molecule has 0 radical (unpaired) electrons. The molecule has 118 valence electrons. The summed E-state index contributed by atoms with van der Waals surface area (Å²) in [6.07, 6.45) is 1.96. The Morgan fingerprint density at radius 2 is 1.74 bits per heavy atom. The van der Waals surface area contributed by atoms with Crippen molar-refractivity contribution < 1.29 is 0 Å². The fourth-order valence-electron chi connectivity index (χ4n) is 3.83. The van der Waals surface area contributed by atoms with Gasteiger partial charge in [-0.2, -0.15) is 5.10 Å². The SMILES string of the molecule is CC(C)N1C=NN(c2cccc3c2C(C)(C)c2ccccc2-3)C1. The van der Waals surface area contributed by atoms with Crippen LogP contribution in [0.25, 0.3) is 11.1 Å². The normalized spacial score (nSPS) is 17.8. The van der Waals surface area contributed by atoms with Crippen LogP contribution in [0.15, 0.2) is 47.6 Å². The Bertz CT molecular complexity index is 789. The molecule has 0 bridgehead atoms. The number of rotatable bonds is 2.